The number of aromatic nitrogens is 2. The molecule has 0 radical (unpaired) electrons. The maximum atomic E-state index is 13.0. The lowest BCUT2D eigenvalue weighted by molar-refractivity contribution is -0.137. The quantitative estimate of drug-likeness (QED) is 0.321. The van der Waals surface area contributed by atoms with Gasteiger partial charge in [0.2, 0.25) is 5.88 Å². The van der Waals surface area contributed by atoms with Gasteiger partial charge in [-0.15, -0.1) is 0 Å². The molecule has 1 aliphatic rings. The minimum Gasteiger partial charge on any atom is -0.444 e. The zero-order valence-electron chi connectivity index (χ0n) is 22.9. The van der Waals surface area contributed by atoms with Crippen LogP contribution in [0.2, 0.25) is 0 Å². The van der Waals surface area contributed by atoms with E-state index in [-0.39, 0.29) is 23.4 Å². The lowest BCUT2D eigenvalue weighted by Gasteiger charge is -2.25. The van der Waals surface area contributed by atoms with Crippen LogP contribution in [0.3, 0.4) is 0 Å². The Morgan fingerprint density at radius 1 is 1.02 bits per heavy atom. The number of pyridine rings is 2. The number of anilines is 1. The minimum atomic E-state index is -4.46. The topological polar surface area (TPSA) is 102 Å². The molecule has 2 N–H and O–H groups in total. The van der Waals surface area contributed by atoms with Gasteiger partial charge >= 0.3 is 12.3 Å². The summed E-state index contributed by atoms with van der Waals surface area (Å²) in [6, 6.07) is 10.8. The molecule has 1 aromatic carbocycles. The number of rotatable bonds is 6. The van der Waals surface area contributed by atoms with Crippen LogP contribution in [0.25, 0.3) is 6.08 Å². The fraction of sp³-hybridized carbons (Fsp3) is 0.333. The molecule has 8 nitrogen and oxygen atoms in total. The summed E-state index contributed by atoms with van der Waals surface area (Å²) in [5, 5.41) is 5.65. The molecule has 2 amide bonds. The smallest absolute Gasteiger partial charge is 0.417 e. The van der Waals surface area contributed by atoms with Crippen molar-refractivity contribution in [1.29, 1.82) is 0 Å². The minimum absolute atomic E-state index is 0.0466. The van der Waals surface area contributed by atoms with Gasteiger partial charge in [-0.1, -0.05) is 23.8 Å². The molecule has 0 bridgehead atoms. The molecule has 4 rings (SSSR count). The van der Waals surface area contributed by atoms with Crippen LogP contribution in [-0.4, -0.2) is 33.6 Å². The lowest BCUT2D eigenvalue weighted by atomic mass is 9.89. The molecule has 1 fully saturated rings. The number of hydrogen-bond acceptors (Lipinski definition) is 6. The highest BCUT2D eigenvalue weighted by Crippen LogP contribution is 2.31. The van der Waals surface area contributed by atoms with Crippen LogP contribution in [-0.2, 0) is 10.9 Å². The molecule has 0 unspecified atom stereocenters. The summed E-state index contributed by atoms with van der Waals surface area (Å²) in [5.74, 6) is 0.195. The molecule has 3 aromatic rings. The largest absolute Gasteiger partial charge is 0.444 e. The van der Waals surface area contributed by atoms with Crippen LogP contribution in [0.15, 0.2) is 66.6 Å². The first-order valence-corrected chi connectivity index (χ1v) is 13.1. The van der Waals surface area contributed by atoms with Crippen LogP contribution in [0.1, 0.15) is 67.9 Å². The Labute approximate surface area is 236 Å². The van der Waals surface area contributed by atoms with E-state index in [1.54, 1.807) is 45.0 Å². The summed E-state index contributed by atoms with van der Waals surface area (Å²) < 4.78 is 49.2. The average molecular weight is 569 g/mol. The second-order valence-corrected chi connectivity index (χ2v) is 10.7. The van der Waals surface area contributed by atoms with Gasteiger partial charge in [0.05, 0.1) is 16.8 Å². The van der Waals surface area contributed by atoms with E-state index < -0.39 is 23.4 Å². The van der Waals surface area contributed by atoms with Crippen molar-refractivity contribution < 1.29 is 32.2 Å². The maximum absolute atomic E-state index is 13.0. The Bertz CT molecular complexity index is 1410. The van der Waals surface area contributed by atoms with Gasteiger partial charge in [-0.25, -0.2) is 9.78 Å². The van der Waals surface area contributed by atoms with Gasteiger partial charge in [-0.05, 0) is 76.3 Å². The zero-order chi connectivity index (χ0) is 29.6. The van der Waals surface area contributed by atoms with Gasteiger partial charge in [-0.2, -0.15) is 13.2 Å². The monoisotopic (exact) mass is 568 g/mol. The third kappa shape index (κ3) is 8.79. The van der Waals surface area contributed by atoms with E-state index in [9.17, 15) is 22.8 Å². The van der Waals surface area contributed by atoms with Crippen molar-refractivity contribution >= 4 is 23.8 Å². The third-order valence-electron chi connectivity index (χ3n) is 6.18. The van der Waals surface area contributed by atoms with E-state index in [0.717, 1.165) is 43.5 Å². The molecular weight excluding hydrogens is 537 g/mol. The van der Waals surface area contributed by atoms with Crippen molar-refractivity contribution in [2.75, 3.05) is 5.32 Å². The average Bonchev–Trinajstić information content (AvgIpc) is 2.89. The van der Waals surface area contributed by atoms with Gasteiger partial charge < -0.3 is 14.8 Å². The Balaban J connectivity index is 1.32. The standard InChI is InChI=1S/C30H31F3N4O4/c1-29(2,3)41-28(39)37-25-13-14-34-18-24(25)27(38)36-22-10-7-19(8-11-22)15-20-5-4-6-23(16-20)40-26-12-9-21(17-35-26)30(31,32)33/h4-6,9,12-18,22H,7-8,10-11H2,1-3H3,(H,36,38)(H,34,37,39). The van der Waals surface area contributed by atoms with Crippen LogP contribution in [0.5, 0.6) is 11.6 Å². The number of hydrogen-bond donors (Lipinski definition) is 2. The Morgan fingerprint density at radius 2 is 1.78 bits per heavy atom. The molecule has 2 heterocycles. The van der Waals surface area contributed by atoms with Crippen LogP contribution >= 0.6 is 0 Å². The van der Waals surface area contributed by atoms with E-state index in [2.05, 4.69) is 26.7 Å². The molecule has 0 saturated heterocycles. The summed E-state index contributed by atoms with van der Waals surface area (Å²) >= 11 is 0. The second-order valence-electron chi connectivity index (χ2n) is 10.7. The van der Waals surface area contributed by atoms with E-state index >= 15 is 0 Å². The lowest BCUT2D eigenvalue weighted by Crippen LogP contribution is -2.37. The number of carbonyl (C=O) groups is 2. The van der Waals surface area contributed by atoms with Gasteiger partial charge in [0.1, 0.15) is 11.4 Å². The van der Waals surface area contributed by atoms with Gasteiger partial charge in [0, 0.05) is 30.7 Å². The molecule has 41 heavy (non-hydrogen) atoms. The van der Waals surface area contributed by atoms with E-state index in [4.69, 9.17) is 9.47 Å². The summed E-state index contributed by atoms with van der Waals surface area (Å²) in [7, 11) is 0. The Kier molecular flexibility index (Phi) is 8.95. The summed E-state index contributed by atoms with van der Waals surface area (Å²) in [6.07, 6.45) is 3.58. The fourth-order valence-electron chi connectivity index (χ4n) is 4.27. The number of benzene rings is 1. The number of carbonyl (C=O) groups excluding carboxylic acids is 2. The predicted octanol–water partition coefficient (Wildman–Crippen LogP) is 7.39. The molecular formula is C30H31F3N4O4. The molecule has 216 valence electrons. The van der Waals surface area contributed by atoms with Gasteiger partial charge in [0.15, 0.2) is 0 Å². The number of nitrogens with zero attached hydrogens (tertiary/aromatic N) is 2. The van der Waals surface area contributed by atoms with Crippen molar-refractivity contribution in [2.45, 2.75) is 64.3 Å². The summed E-state index contributed by atoms with van der Waals surface area (Å²) in [6.45, 7) is 5.26. The number of amides is 2. The first-order chi connectivity index (χ1) is 19.4. The third-order valence-corrected chi connectivity index (χ3v) is 6.18. The maximum Gasteiger partial charge on any atom is 0.417 e. The molecule has 1 aliphatic carbocycles. The zero-order valence-corrected chi connectivity index (χ0v) is 22.9. The molecule has 0 aliphatic heterocycles. The van der Waals surface area contributed by atoms with Crippen molar-refractivity contribution in [3.63, 3.8) is 0 Å². The van der Waals surface area contributed by atoms with Crippen LogP contribution < -0.4 is 15.4 Å². The van der Waals surface area contributed by atoms with Crippen LogP contribution in [0, 0.1) is 0 Å². The molecule has 2 aromatic heterocycles. The number of ether oxygens (including phenoxy) is 2. The van der Waals surface area contributed by atoms with Gasteiger partial charge in [-0.3, -0.25) is 15.1 Å². The molecule has 0 spiro atoms. The predicted molar refractivity (Wildman–Crippen MR) is 148 cm³/mol. The SMILES string of the molecule is CC(C)(C)OC(=O)Nc1ccncc1C(=O)NC1CCC(=Cc2cccc(Oc3ccc(C(F)(F)F)cn3)c2)CC1. The number of nitrogens with one attached hydrogen (secondary N) is 2. The van der Waals surface area contributed by atoms with Crippen molar-refractivity contribution in [1.82, 2.24) is 15.3 Å². The molecule has 11 heteroatoms. The first-order valence-electron chi connectivity index (χ1n) is 13.1. The van der Waals surface area contributed by atoms with Crippen LogP contribution in [0.4, 0.5) is 23.7 Å². The van der Waals surface area contributed by atoms with Crippen molar-refractivity contribution in [2.24, 2.45) is 0 Å². The molecule has 0 atom stereocenters. The Morgan fingerprint density at radius 3 is 2.44 bits per heavy atom. The fourth-order valence-corrected chi connectivity index (χ4v) is 4.27. The second kappa shape index (κ2) is 12.4. The number of allylic oxidation sites excluding steroid dienone is 1. The van der Waals surface area contributed by atoms with Gasteiger partial charge in [0.25, 0.3) is 5.91 Å². The van der Waals surface area contributed by atoms with Crippen molar-refractivity contribution in [3.8, 4) is 11.6 Å². The first kappa shape index (κ1) is 29.6. The highest BCUT2D eigenvalue weighted by Gasteiger charge is 2.30. The molecule has 1 saturated carbocycles. The summed E-state index contributed by atoms with van der Waals surface area (Å²) in [5.41, 5.74) is 1.14. The highest BCUT2D eigenvalue weighted by molar-refractivity contribution is 6.02. The van der Waals surface area contributed by atoms with E-state index in [1.165, 1.54) is 24.0 Å². The highest BCUT2D eigenvalue weighted by atomic mass is 19.4. The normalized spacial score (nSPS) is 15.6. The Hall–Kier alpha value is -4.41. The van der Waals surface area contributed by atoms with E-state index in [0.29, 0.717) is 11.4 Å². The van der Waals surface area contributed by atoms with E-state index in [1.807, 2.05) is 6.07 Å². The van der Waals surface area contributed by atoms with Crippen molar-refractivity contribution in [3.05, 3.63) is 83.3 Å². The number of halogens is 3. The number of alkyl halides is 3. The summed E-state index contributed by atoms with van der Waals surface area (Å²) in [4.78, 5) is 33.0.